The molecule has 1 N–H and O–H groups in total. The second-order valence-corrected chi connectivity index (χ2v) is 6.29. The average molecular weight is 365 g/mol. The quantitative estimate of drug-likeness (QED) is 0.619. The number of carbonyl (C=O) groups excluding carboxylic acids is 1. The SMILES string of the molecule is CCCCOc1cccc(NC(=O)CCn2cnc3ccccc3c2=O)c1. The van der Waals surface area contributed by atoms with Crippen LogP contribution in [0.3, 0.4) is 0 Å². The fourth-order valence-corrected chi connectivity index (χ4v) is 2.71. The molecular formula is C21H23N3O3. The Balaban J connectivity index is 1.59. The van der Waals surface area contributed by atoms with Crippen LogP contribution in [0.15, 0.2) is 59.7 Å². The minimum atomic E-state index is -0.166. The van der Waals surface area contributed by atoms with Crippen LogP contribution < -0.4 is 15.6 Å². The summed E-state index contributed by atoms with van der Waals surface area (Å²) in [6.45, 7) is 3.04. The fourth-order valence-electron chi connectivity index (χ4n) is 2.71. The number of carbonyl (C=O) groups is 1. The number of ether oxygens (including phenoxy) is 1. The van der Waals surface area contributed by atoms with Crippen LogP contribution in [0.5, 0.6) is 5.75 Å². The minimum Gasteiger partial charge on any atom is -0.494 e. The first-order chi connectivity index (χ1) is 13.2. The van der Waals surface area contributed by atoms with E-state index in [9.17, 15) is 9.59 Å². The van der Waals surface area contributed by atoms with E-state index in [1.807, 2.05) is 24.3 Å². The largest absolute Gasteiger partial charge is 0.494 e. The van der Waals surface area contributed by atoms with Gasteiger partial charge in [-0.2, -0.15) is 0 Å². The van der Waals surface area contributed by atoms with E-state index in [1.54, 1.807) is 24.3 Å². The molecule has 3 aromatic rings. The van der Waals surface area contributed by atoms with Gasteiger partial charge in [0.25, 0.3) is 5.56 Å². The van der Waals surface area contributed by atoms with Crippen molar-refractivity contribution >= 4 is 22.5 Å². The van der Waals surface area contributed by atoms with Crippen molar-refractivity contribution in [3.8, 4) is 5.75 Å². The summed E-state index contributed by atoms with van der Waals surface area (Å²) in [6, 6.07) is 14.5. The predicted molar refractivity (Wildman–Crippen MR) is 106 cm³/mol. The van der Waals surface area contributed by atoms with Gasteiger partial charge in [0.2, 0.25) is 5.91 Å². The topological polar surface area (TPSA) is 73.2 Å². The molecule has 2 aromatic carbocycles. The zero-order chi connectivity index (χ0) is 19.1. The molecule has 0 fully saturated rings. The lowest BCUT2D eigenvalue weighted by Gasteiger charge is -2.10. The Morgan fingerprint density at radius 3 is 2.89 bits per heavy atom. The molecule has 1 heterocycles. The first kappa shape index (κ1) is 18.6. The highest BCUT2D eigenvalue weighted by molar-refractivity contribution is 5.90. The van der Waals surface area contributed by atoms with Gasteiger partial charge >= 0.3 is 0 Å². The predicted octanol–water partition coefficient (Wildman–Crippen LogP) is 3.60. The third-order valence-electron chi connectivity index (χ3n) is 4.20. The van der Waals surface area contributed by atoms with Gasteiger partial charge in [0.05, 0.1) is 23.8 Å². The van der Waals surface area contributed by atoms with E-state index in [2.05, 4.69) is 17.2 Å². The molecule has 0 spiro atoms. The van der Waals surface area contributed by atoms with Gasteiger partial charge in [-0.3, -0.25) is 14.2 Å². The van der Waals surface area contributed by atoms with Crippen LogP contribution in [0.4, 0.5) is 5.69 Å². The molecular weight excluding hydrogens is 342 g/mol. The highest BCUT2D eigenvalue weighted by Crippen LogP contribution is 2.18. The van der Waals surface area contributed by atoms with Crippen molar-refractivity contribution < 1.29 is 9.53 Å². The lowest BCUT2D eigenvalue weighted by atomic mass is 10.2. The molecule has 1 amide bonds. The summed E-state index contributed by atoms with van der Waals surface area (Å²) in [5, 5.41) is 3.40. The summed E-state index contributed by atoms with van der Waals surface area (Å²) in [5.74, 6) is 0.567. The number of fused-ring (bicyclic) bond motifs is 1. The molecule has 6 nitrogen and oxygen atoms in total. The summed E-state index contributed by atoms with van der Waals surface area (Å²) in [4.78, 5) is 29.0. The van der Waals surface area contributed by atoms with Crippen LogP contribution in [0.2, 0.25) is 0 Å². The number of nitrogens with one attached hydrogen (secondary N) is 1. The van der Waals surface area contributed by atoms with E-state index in [1.165, 1.54) is 10.9 Å². The summed E-state index contributed by atoms with van der Waals surface area (Å²) >= 11 is 0. The highest BCUT2D eigenvalue weighted by Gasteiger charge is 2.07. The molecule has 0 radical (unpaired) electrons. The van der Waals surface area contributed by atoms with Gasteiger partial charge in [0.15, 0.2) is 0 Å². The molecule has 0 saturated heterocycles. The first-order valence-corrected chi connectivity index (χ1v) is 9.14. The standard InChI is InChI=1S/C21H23N3O3/c1-2-3-13-27-17-8-6-7-16(14-17)23-20(25)11-12-24-15-22-19-10-5-4-9-18(19)21(24)26/h4-10,14-15H,2-3,11-13H2,1H3,(H,23,25). The van der Waals surface area contributed by atoms with E-state index in [0.29, 0.717) is 23.2 Å². The van der Waals surface area contributed by atoms with Crippen LogP contribution in [-0.4, -0.2) is 22.1 Å². The number of aryl methyl sites for hydroxylation is 1. The molecule has 0 saturated carbocycles. The van der Waals surface area contributed by atoms with Crippen molar-refractivity contribution in [2.45, 2.75) is 32.7 Å². The molecule has 0 aliphatic heterocycles. The molecule has 0 aliphatic rings. The molecule has 6 heteroatoms. The first-order valence-electron chi connectivity index (χ1n) is 9.14. The van der Waals surface area contributed by atoms with Crippen molar-refractivity contribution in [2.24, 2.45) is 0 Å². The van der Waals surface area contributed by atoms with Crippen LogP contribution >= 0.6 is 0 Å². The van der Waals surface area contributed by atoms with Gasteiger partial charge < -0.3 is 10.1 Å². The van der Waals surface area contributed by atoms with Gasteiger partial charge in [-0.05, 0) is 30.7 Å². The molecule has 140 valence electrons. The Kier molecular flexibility index (Phi) is 6.20. The minimum absolute atomic E-state index is 0.139. The number of para-hydroxylation sites is 1. The lowest BCUT2D eigenvalue weighted by Crippen LogP contribution is -2.23. The van der Waals surface area contributed by atoms with Crippen molar-refractivity contribution in [3.05, 3.63) is 65.2 Å². The third kappa shape index (κ3) is 4.94. The molecule has 0 atom stereocenters. The van der Waals surface area contributed by atoms with Crippen LogP contribution in [0.25, 0.3) is 10.9 Å². The van der Waals surface area contributed by atoms with E-state index >= 15 is 0 Å². The van der Waals surface area contributed by atoms with E-state index < -0.39 is 0 Å². The number of nitrogens with zero attached hydrogens (tertiary/aromatic N) is 2. The second-order valence-electron chi connectivity index (χ2n) is 6.29. The number of aromatic nitrogens is 2. The summed E-state index contributed by atoms with van der Waals surface area (Å²) in [6.07, 6.45) is 3.73. The monoisotopic (exact) mass is 365 g/mol. The summed E-state index contributed by atoms with van der Waals surface area (Å²) in [5.41, 5.74) is 1.20. The highest BCUT2D eigenvalue weighted by atomic mass is 16.5. The molecule has 1 aromatic heterocycles. The Labute approximate surface area is 157 Å². The van der Waals surface area contributed by atoms with Gasteiger partial charge in [-0.15, -0.1) is 0 Å². The maximum Gasteiger partial charge on any atom is 0.261 e. The Morgan fingerprint density at radius 2 is 2.04 bits per heavy atom. The van der Waals surface area contributed by atoms with Crippen molar-refractivity contribution in [1.82, 2.24) is 9.55 Å². The molecule has 3 rings (SSSR count). The number of anilines is 1. The lowest BCUT2D eigenvalue weighted by molar-refractivity contribution is -0.116. The summed E-state index contributed by atoms with van der Waals surface area (Å²) < 4.78 is 7.11. The van der Waals surface area contributed by atoms with Gasteiger partial charge in [0, 0.05) is 24.7 Å². The van der Waals surface area contributed by atoms with Gasteiger partial charge in [-0.25, -0.2) is 4.98 Å². The second kappa shape index (κ2) is 8.98. The number of benzene rings is 2. The van der Waals surface area contributed by atoms with E-state index in [4.69, 9.17) is 4.74 Å². The zero-order valence-corrected chi connectivity index (χ0v) is 15.4. The van der Waals surface area contributed by atoms with Crippen LogP contribution in [-0.2, 0) is 11.3 Å². The summed E-state index contributed by atoms with van der Waals surface area (Å²) in [7, 11) is 0. The van der Waals surface area contributed by atoms with Crippen molar-refractivity contribution in [2.75, 3.05) is 11.9 Å². The Morgan fingerprint density at radius 1 is 1.19 bits per heavy atom. The van der Waals surface area contributed by atoms with Gasteiger partial charge in [-0.1, -0.05) is 31.5 Å². The van der Waals surface area contributed by atoms with Crippen LogP contribution in [0.1, 0.15) is 26.2 Å². The number of hydrogen-bond donors (Lipinski definition) is 1. The number of unbranched alkanes of at least 4 members (excludes halogenated alkanes) is 1. The zero-order valence-electron chi connectivity index (χ0n) is 15.4. The molecule has 27 heavy (non-hydrogen) atoms. The normalized spacial score (nSPS) is 10.7. The maximum absolute atomic E-state index is 12.4. The van der Waals surface area contributed by atoms with Gasteiger partial charge in [0.1, 0.15) is 5.75 Å². The number of amides is 1. The Bertz CT molecular complexity index is 982. The fraction of sp³-hybridized carbons (Fsp3) is 0.286. The van der Waals surface area contributed by atoms with Crippen LogP contribution in [0, 0.1) is 0 Å². The average Bonchev–Trinajstić information content (AvgIpc) is 2.68. The number of hydrogen-bond acceptors (Lipinski definition) is 4. The third-order valence-corrected chi connectivity index (χ3v) is 4.20. The van der Waals surface area contributed by atoms with Crippen molar-refractivity contribution in [1.29, 1.82) is 0 Å². The molecule has 0 aliphatic carbocycles. The van der Waals surface area contributed by atoms with E-state index in [0.717, 1.165) is 18.6 Å². The molecule has 0 bridgehead atoms. The van der Waals surface area contributed by atoms with E-state index in [-0.39, 0.29) is 24.4 Å². The number of rotatable bonds is 8. The maximum atomic E-state index is 12.4. The molecule has 0 unspecified atom stereocenters. The smallest absolute Gasteiger partial charge is 0.261 e. The van der Waals surface area contributed by atoms with Crippen molar-refractivity contribution in [3.63, 3.8) is 0 Å². The Hall–Kier alpha value is -3.15.